The number of nitrogens with zero attached hydrogens (tertiary/aromatic N) is 3. The molecule has 2 unspecified atom stereocenters. The van der Waals surface area contributed by atoms with Crippen molar-refractivity contribution < 1.29 is 0 Å². The summed E-state index contributed by atoms with van der Waals surface area (Å²) in [7, 11) is 4.22. The summed E-state index contributed by atoms with van der Waals surface area (Å²) in [4.78, 5) is 4.75. The van der Waals surface area contributed by atoms with Crippen LogP contribution in [-0.2, 0) is 0 Å². The molecule has 1 rings (SSSR count). The van der Waals surface area contributed by atoms with Gasteiger partial charge in [-0.2, -0.15) is 5.26 Å². The minimum atomic E-state index is 0.272. The molecule has 0 aromatic heterocycles. The lowest BCUT2D eigenvalue weighted by Gasteiger charge is -2.31. The van der Waals surface area contributed by atoms with Crippen molar-refractivity contribution >= 4 is 0 Å². The molecule has 0 aliphatic heterocycles. The Balaban J connectivity index is 2.51. The summed E-state index contributed by atoms with van der Waals surface area (Å²) in [6.07, 6.45) is 4.72. The van der Waals surface area contributed by atoms with Gasteiger partial charge in [-0.1, -0.05) is 13.3 Å². The van der Waals surface area contributed by atoms with Crippen LogP contribution in [-0.4, -0.2) is 49.6 Å². The van der Waals surface area contributed by atoms with Gasteiger partial charge in [-0.25, -0.2) is 0 Å². The fourth-order valence-electron chi connectivity index (χ4n) is 2.59. The molecule has 0 radical (unpaired) electrons. The van der Waals surface area contributed by atoms with Crippen molar-refractivity contribution in [1.82, 2.24) is 9.80 Å². The third kappa shape index (κ3) is 3.77. The standard InChI is InChI=1S/C13H25N3/c1-4-8-16(10-9-15(2)3)13-7-5-6-12(13)11-14/h12-13H,4-10H2,1-3H3. The number of nitriles is 1. The molecule has 0 bridgehead atoms. The molecule has 0 aromatic carbocycles. The minimum Gasteiger partial charge on any atom is -0.308 e. The van der Waals surface area contributed by atoms with Crippen LogP contribution in [0.25, 0.3) is 0 Å². The van der Waals surface area contributed by atoms with Gasteiger partial charge in [0.2, 0.25) is 0 Å². The van der Waals surface area contributed by atoms with E-state index in [0.717, 1.165) is 26.1 Å². The highest BCUT2D eigenvalue weighted by atomic mass is 15.2. The predicted molar refractivity (Wildman–Crippen MR) is 67.2 cm³/mol. The second-order valence-corrected chi connectivity index (χ2v) is 5.07. The summed E-state index contributed by atoms with van der Waals surface area (Å²) in [5.74, 6) is 0.272. The molecular formula is C13H25N3. The Hall–Kier alpha value is -0.590. The lowest BCUT2D eigenvalue weighted by Crippen LogP contribution is -2.41. The van der Waals surface area contributed by atoms with Crippen molar-refractivity contribution in [2.75, 3.05) is 33.7 Å². The molecule has 0 saturated heterocycles. The third-order valence-corrected chi connectivity index (χ3v) is 3.46. The van der Waals surface area contributed by atoms with Crippen LogP contribution in [0.3, 0.4) is 0 Å². The van der Waals surface area contributed by atoms with Gasteiger partial charge in [0, 0.05) is 19.1 Å². The van der Waals surface area contributed by atoms with Crippen LogP contribution in [0, 0.1) is 17.2 Å². The quantitative estimate of drug-likeness (QED) is 0.689. The van der Waals surface area contributed by atoms with E-state index in [-0.39, 0.29) is 5.92 Å². The van der Waals surface area contributed by atoms with Gasteiger partial charge < -0.3 is 4.90 Å². The molecular weight excluding hydrogens is 198 g/mol. The van der Waals surface area contributed by atoms with Crippen LogP contribution in [0.2, 0.25) is 0 Å². The van der Waals surface area contributed by atoms with Crippen LogP contribution in [0.1, 0.15) is 32.6 Å². The van der Waals surface area contributed by atoms with Crippen molar-refractivity contribution in [1.29, 1.82) is 5.26 Å². The van der Waals surface area contributed by atoms with E-state index < -0.39 is 0 Å². The molecule has 3 heteroatoms. The van der Waals surface area contributed by atoms with Gasteiger partial charge in [-0.3, -0.25) is 4.90 Å². The topological polar surface area (TPSA) is 30.3 Å². The fraction of sp³-hybridized carbons (Fsp3) is 0.923. The highest BCUT2D eigenvalue weighted by Crippen LogP contribution is 2.29. The average Bonchev–Trinajstić information content (AvgIpc) is 2.71. The number of likely N-dealkylation sites (N-methyl/N-ethyl adjacent to an activating group) is 1. The van der Waals surface area contributed by atoms with Crippen LogP contribution in [0.15, 0.2) is 0 Å². The molecule has 0 amide bonds. The maximum absolute atomic E-state index is 9.14. The van der Waals surface area contributed by atoms with E-state index in [2.05, 4.69) is 36.9 Å². The summed E-state index contributed by atoms with van der Waals surface area (Å²) in [5.41, 5.74) is 0. The van der Waals surface area contributed by atoms with Crippen molar-refractivity contribution in [2.24, 2.45) is 5.92 Å². The SMILES string of the molecule is CCCN(CCN(C)C)C1CCCC1C#N. The fourth-order valence-corrected chi connectivity index (χ4v) is 2.59. The Morgan fingerprint density at radius 2 is 1.94 bits per heavy atom. The maximum Gasteiger partial charge on any atom is 0.0672 e. The summed E-state index contributed by atoms with van der Waals surface area (Å²) in [6, 6.07) is 3.00. The molecule has 92 valence electrons. The summed E-state index contributed by atoms with van der Waals surface area (Å²) >= 11 is 0. The van der Waals surface area contributed by atoms with Gasteiger partial charge in [0.15, 0.2) is 0 Å². The smallest absolute Gasteiger partial charge is 0.0672 e. The molecule has 2 atom stereocenters. The Kier molecular flexibility index (Phi) is 5.79. The molecule has 16 heavy (non-hydrogen) atoms. The number of rotatable bonds is 6. The minimum absolute atomic E-state index is 0.272. The summed E-state index contributed by atoms with van der Waals surface area (Å²) in [5, 5.41) is 9.14. The largest absolute Gasteiger partial charge is 0.308 e. The van der Waals surface area contributed by atoms with Gasteiger partial charge in [-0.05, 0) is 39.9 Å². The number of hydrogen-bond acceptors (Lipinski definition) is 3. The lowest BCUT2D eigenvalue weighted by atomic mass is 10.0. The monoisotopic (exact) mass is 223 g/mol. The van der Waals surface area contributed by atoms with E-state index in [1.807, 2.05) is 0 Å². The van der Waals surface area contributed by atoms with E-state index in [1.165, 1.54) is 19.3 Å². The lowest BCUT2D eigenvalue weighted by molar-refractivity contribution is 0.162. The van der Waals surface area contributed by atoms with Crippen molar-refractivity contribution in [3.8, 4) is 6.07 Å². The van der Waals surface area contributed by atoms with E-state index >= 15 is 0 Å². The first-order valence-corrected chi connectivity index (χ1v) is 6.47. The second-order valence-electron chi connectivity index (χ2n) is 5.07. The maximum atomic E-state index is 9.14. The van der Waals surface area contributed by atoms with Crippen molar-refractivity contribution in [3.63, 3.8) is 0 Å². The van der Waals surface area contributed by atoms with Gasteiger partial charge >= 0.3 is 0 Å². The zero-order chi connectivity index (χ0) is 12.0. The van der Waals surface area contributed by atoms with E-state index in [9.17, 15) is 0 Å². The zero-order valence-corrected chi connectivity index (χ0v) is 10.9. The summed E-state index contributed by atoms with van der Waals surface area (Å²) in [6.45, 7) is 5.55. The molecule has 1 aliphatic rings. The first-order chi connectivity index (χ1) is 7.69. The van der Waals surface area contributed by atoms with Crippen molar-refractivity contribution in [3.05, 3.63) is 0 Å². The molecule has 1 saturated carbocycles. The second kappa shape index (κ2) is 6.88. The Bertz CT molecular complexity index is 232. The normalized spacial score (nSPS) is 25.2. The molecule has 0 heterocycles. The average molecular weight is 223 g/mol. The van der Waals surface area contributed by atoms with Crippen LogP contribution < -0.4 is 0 Å². The van der Waals surface area contributed by atoms with E-state index in [1.54, 1.807) is 0 Å². The van der Waals surface area contributed by atoms with E-state index in [4.69, 9.17) is 5.26 Å². The Morgan fingerprint density at radius 3 is 2.50 bits per heavy atom. The zero-order valence-electron chi connectivity index (χ0n) is 10.9. The van der Waals surface area contributed by atoms with Crippen LogP contribution in [0.4, 0.5) is 0 Å². The van der Waals surface area contributed by atoms with E-state index in [0.29, 0.717) is 6.04 Å². The molecule has 0 N–H and O–H groups in total. The number of hydrogen-bond donors (Lipinski definition) is 0. The van der Waals surface area contributed by atoms with Crippen LogP contribution in [0.5, 0.6) is 0 Å². The molecule has 3 nitrogen and oxygen atoms in total. The predicted octanol–water partition coefficient (Wildman–Crippen LogP) is 1.95. The summed E-state index contributed by atoms with van der Waals surface area (Å²) < 4.78 is 0. The highest BCUT2D eigenvalue weighted by Gasteiger charge is 2.31. The first-order valence-electron chi connectivity index (χ1n) is 6.47. The van der Waals surface area contributed by atoms with Gasteiger partial charge in [-0.15, -0.1) is 0 Å². The van der Waals surface area contributed by atoms with Crippen molar-refractivity contribution in [2.45, 2.75) is 38.6 Å². The highest BCUT2D eigenvalue weighted by molar-refractivity contribution is 4.97. The van der Waals surface area contributed by atoms with Gasteiger partial charge in [0.05, 0.1) is 12.0 Å². The molecule has 1 aliphatic carbocycles. The van der Waals surface area contributed by atoms with Crippen LogP contribution >= 0.6 is 0 Å². The van der Waals surface area contributed by atoms with Gasteiger partial charge in [0.1, 0.15) is 0 Å². The first kappa shape index (κ1) is 13.5. The Morgan fingerprint density at radius 1 is 1.19 bits per heavy atom. The Labute approximate surface area is 100 Å². The molecule has 0 spiro atoms. The molecule has 0 aromatic rings. The third-order valence-electron chi connectivity index (χ3n) is 3.46. The van der Waals surface area contributed by atoms with Gasteiger partial charge in [0.25, 0.3) is 0 Å². The molecule has 1 fully saturated rings.